The molecule has 0 radical (unpaired) electrons. The fourth-order valence-corrected chi connectivity index (χ4v) is 2.82. The van der Waals surface area contributed by atoms with Crippen molar-refractivity contribution >= 4 is 31.7 Å². The summed E-state index contributed by atoms with van der Waals surface area (Å²) in [5, 5.41) is 3.74. The number of hydrogen-bond donors (Lipinski definition) is 0. The second kappa shape index (κ2) is 2.77. The van der Waals surface area contributed by atoms with Crippen molar-refractivity contribution < 1.29 is 4.55 Å². The molecule has 0 fully saturated rings. The highest BCUT2D eigenvalue weighted by atomic mass is 32.2. The molecular weight excluding hydrogens is 194 g/mol. The standard InChI is InChI=1S/C11H7NOS/c13-14-7-1-2-8-3-4-10-9(11(8)14)5-6-12-10/h1-7H. The van der Waals surface area contributed by atoms with Crippen LogP contribution in [0, 0.1) is 0 Å². The Morgan fingerprint density at radius 3 is 3.00 bits per heavy atom. The van der Waals surface area contributed by atoms with Crippen molar-refractivity contribution in [2.45, 2.75) is 0 Å². The maximum Gasteiger partial charge on any atom is 0.188 e. The molecule has 0 amide bonds. The van der Waals surface area contributed by atoms with Crippen LogP contribution in [0.1, 0.15) is 0 Å². The zero-order chi connectivity index (χ0) is 9.54. The molecule has 3 aromatic rings. The van der Waals surface area contributed by atoms with Gasteiger partial charge in [0.2, 0.25) is 0 Å². The van der Waals surface area contributed by atoms with E-state index in [-0.39, 0.29) is 0 Å². The number of rotatable bonds is 0. The maximum atomic E-state index is 11.8. The Labute approximate surface area is 83.6 Å². The Morgan fingerprint density at radius 1 is 1.14 bits per heavy atom. The van der Waals surface area contributed by atoms with Crippen molar-refractivity contribution in [3.05, 3.63) is 41.9 Å². The lowest BCUT2D eigenvalue weighted by atomic mass is 10.2. The molecule has 0 aliphatic heterocycles. The van der Waals surface area contributed by atoms with Crippen LogP contribution < -0.4 is 0 Å². The van der Waals surface area contributed by atoms with Crippen LogP contribution in [0.15, 0.2) is 41.9 Å². The van der Waals surface area contributed by atoms with Crippen molar-refractivity contribution in [2.24, 2.45) is 0 Å². The van der Waals surface area contributed by atoms with E-state index in [2.05, 4.69) is 4.98 Å². The third kappa shape index (κ3) is 0.967. The van der Waals surface area contributed by atoms with E-state index >= 15 is 0 Å². The highest BCUT2D eigenvalue weighted by Gasteiger charge is 2.08. The smallest absolute Gasteiger partial charge is 0.188 e. The van der Waals surface area contributed by atoms with Crippen LogP contribution in [-0.2, 0) is 0 Å². The Balaban J connectivity index is 2.67. The number of nitrogens with zero attached hydrogens (tertiary/aromatic N) is 1. The highest BCUT2D eigenvalue weighted by molar-refractivity contribution is 7.30. The van der Waals surface area contributed by atoms with Gasteiger partial charge in [0.05, 0.1) is 10.9 Å². The van der Waals surface area contributed by atoms with Gasteiger partial charge in [-0.15, -0.1) is 0 Å². The first-order valence-electron chi connectivity index (χ1n) is 4.33. The van der Waals surface area contributed by atoms with Crippen LogP contribution >= 0.6 is 10.8 Å². The summed E-state index contributed by atoms with van der Waals surface area (Å²) in [5.41, 5.74) is 0.917. The van der Waals surface area contributed by atoms with Gasteiger partial charge in [-0.2, -0.15) is 0 Å². The molecule has 0 bridgehead atoms. The second-order valence-corrected chi connectivity index (χ2v) is 4.43. The van der Waals surface area contributed by atoms with Crippen molar-refractivity contribution in [2.75, 3.05) is 0 Å². The van der Waals surface area contributed by atoms with E-state index in [1.54, 1.807) is 11.6 Å². The van der Waals surface area contributed by atoms with E-state index in [9.17, 15) is 4.55 Å². The molecule has 0 spiro atoms. The monoisotopic (exact) mass is 201 g/mol. The first kappa shape index (κ1) is 7.91. The summed E-state index contributed by atoms with van der Waals surface area (Å²) in [4.78, 5) is 4.19. The van der Waals surface area contributed by atoms with Gasteiger partial charge in [-0.05, 0) is 41.1 Å². The largest absolute Gasteiger partial charge is 0.590 e. The van der Waals surface area contributed by atoms with Crippen molar-refractivity contribution in [3.63, 3.8) is 0 Å². The molecule has 0 saturated carbocycles. The average Bonchev–Trinajstić information content (AvgIpc) is 2.65. The van der Waals surface area contributed by atoms with Gasteiger partial charge in [0, 0.05) is 11.6 Å². The number of aromatic nitrogens is 1. The van der Waals surface area contributed by atoms with Gasteiger partial charge in [0.15, 0.2) is 4.70 Å². The molecule has 1 aromatic carbocycles. The van der Waals surface area contributed by atoms with Crippen LogP contribution in [-0.4, -0.2) is 9.54 Å². The van der Waals surface area contributed by atoms with Gasteiger partial charge < -0.3 is 4.55 Å². The molecule has 68 valence electrons. The van der Waals surface area contributed by atoms with E-state index in [1.807, 2.05) is 30.3 Å². The van der Waals surface area contributed by atoms with E-state index in [0.29, 0.717) is 0 Å². The summed E-state index contributed by atoms with van der Waals surface area (Å²) in [5.74, 6) is 0. The topological polar surface area (TPSA) is 36.0 Å². The molecule has 2 heterocycles. The van der Waals surface area contributed by atoms with Gasteiger partial charge in [0.1, 0.15) is 5.38 Å². The van der Waals surface area contributed by atoms with Crippen LogP contribution in [0.2, 0.25) is 0 Å². The fourth-order valence-electron chi connectivity index (χ4n) is 1.71. The summed E-state index contributed by atoms with van der Waals surface area (Å²) in [6.07, 6.45) is 1.75. The Kier molecular flexibility index (Phi) is 1.56. The van der Waals surface area contributed by atoms with E-state index in [4.69, 9.17) is 0 Å². The van der Waals surface area contributed by atoms with Gasteiger partial charge in [-0.25, -0.2) is 0 Å². The molecular formula is C11H7NOS. The summed E-state index contributed by atoms with van der Waals surface area (Å²) in [6, 6.07) is 9.65. The lowest BCUT2D eigenvalue weighted by Gasteiger charge is -1.99. The molecule has 0 aliphatic rings. The number of fused-ring (bicyclic) bond motifs is 3. The maximum absolute atomic E-state index is 11.8. The Hall–Kier alpha value is -1.45. The highest BCUT2D eigenvalue weighted by Crippen LogP contribution is 2.32. The number of benzene rings is 1. The van der Waals surface area contributed by atoms with Crippen molar-refractivity contribution in [1.29, 1.82) is 0 Å². The molecule has 3 heteroatoms. The van der Waals surface area contributed by atoms with Crippen LogP contribution in [0.4, 0.5) is 0 Å². The van der Waals surface area contributed by atoms with Crippen molar-refractivity contribution in [1.82, 2.24) is 4.98 Å². The normalized spacial score (nSPS) is 12.5. The molecule has 2 aromatic heterocycles. The van der Waals surface area contributed by atoms with Crippen molar-refractivity contribution in [3.8, 4) is 0 Å². The summed E-state index contributed by atoms with van der Waals surface area (Å²) in [6.45, 7) is 0. The second-order valence-electron chi connectivity index (χ2n) is 3.15. The fraction of sp³-hybridized carbons (Fsp3) is 0. The quantitative estimate of drug-likeness (QED) is 0.524. The Morgan fingerprint density at radius 2 is 2.07 bits per heavy atom. The molecule has 0 saturated heterocycles. The molecule has 0 aliphatic carbocycles. The summed E-state index contributed by atoms with van der Waals surface area (Å²) >= 11 is 0. The number of hydrogen-bond acceptors (Lipinski definition) is 2. The first-order chi connectivity index (χ1) is 6.86. The zero-order valence-electron chi connectivity index (χ0n) is 7.31. The predicted octanol–water partition coefficient (Wildman–Crippen LogP) is 3.12. The molecule has 2 nitrogen and oxygen atoms in total. The minimum Gasteiger partial charge on any atom is -0.590 e. The Bertz CT molecular complexity index is 615. The molecule has 1 unspecified atom stereocenters. The minimum atomic E-state index is -1.02. The van der Waals surface area contributed by atoms with Crippen LogP contribution in [0.25, 0.3) is 21.0 Å². The lowest BCUT2D eigenvalue weighted by Crippen LogP contribution is -1.74. The third-order valence-electron chi connectivity index (χ3n) is 2.34. The van der Waals surface area contributed by atoms with Gasteiger partial charge in [-0.3, -0.25) is 4.98 Å². The summed E-state index contributed by atoms with van der Waals surface area (Å²) < 4.78 is 12.7. The van der Waals surface area contributed by atoms with Gasteiger partial charge >= 0.3 is 0 Å². The lowest BCUT2D eigenvalue weighted by molar-refractivity contribution is 0.600. The molecule has 3 rings (SSSR count). The molecule has 1 atom stereocenters. The predicted molar refractivity (Wildman–Crippen MR) is 57.9 cm³/mol. The minimum absolute atomic E-state index is 0.891. The third-order valence-corrected chi connectivity index (χ3v) is 3.60. The molecule has 14 heavy (non-hydrogen) atoms. The summed E-state index contributed by atoms with van der Waals surface area (Å²) in [7, 11) is -1.02. The van der Waals surface area contributed by atoms with E-state index in [0.717, 1.165) is 21.0 Å². The SMILES string of the molecule is [O-][s+]1cccc2ccc3nccc3c21. The van der Waals surface area contributed by atoms with Gasteiger partial charge in [-0.1, -0.05) is 0 Å². The van der Waals surface area contributed by atoms with E-state index < -0.39 is 10.8 Å². The van der Waals surface area contributed by atoms with E-state index in [1.165, 1.54) is 0 Å². The van der Waals surface area contributed by atoms with Crippen LogP contribution in [0.3, 0.4) is 0 Å². The molecule has 0 N–H and O–H groups in total. The zero-order valence-corrected chi connectivity index (χ0v) is 8.12. The van der Waals surface area contributed by atoms with Gasteiger partial charge in [0.25, 0.3) is 0 Å². The van der Waals surface area contributed by atoms with Crippen LogP contribution in [0.5, 0.6) is 0 Å². The first-order valence-corrected chi connectivity index (χ1v) is 5.54. The average molecular weight is 201 g/mol.